The molecule has 2 heterocycles. The summed E-state index contributed by atoms with van der Waals surface area (Å²) in [4.78, 5) is 20.1. The maximum atomic E-state index is 12.7. The molecular formula is C27H33N3O. The van der Waals surface area contributed by atoms with Crippen LogP contribution in [0.4, 0.5) is 11.5 Å². The Morgan fingerprint density at radius 3 is 2.35 bits per heavy atom. The van der Waals surface area contributed by atoms with Crippen molar-refractivity contribution in [1.29, 1.82) is 0 Å². The number of aryl methyl sites for hydroxylation is 1. The van der Waals surface area contributed by atoms with Gasteiger partial charge in [0, 0.05) is 29.7 Å². The van der Waals surface area contributed by atoms with E-state index >= 15 is 0 Å². The van der Waals surface area contributed by atoms with Gasteiger partial charge in [-0.25, -0.2) is 4.98 Å². The van der Waals surface area contributed by atoms with Gasteiger partial charge in [-0.05, 0) is 78.6 Å². The molecular weight excluding hydrogens is 382 g/mol. The van der Waals surface area contributed by atoms with Crippen LogP contribution < -0.4 is 10.2 Å². The van der Waals surface area contributed by atoms with E-state index in [2.05, 4.69) is 50.9 Å². The molecule has 4 nitrogen and oxygen atoms in total. The van der Waals surface area contributed by atoms with Crippen LogP contribution in [0.1, 0.15) is 62.0 Å². The molecule has 4 rings (SSSR count). The molecule has 0 atom stereocenters. The Hall–Kier alpha value is -2.88. The third kappa shape index (κ3) is 4.73. The van der Waals surface area contributed by atoms with Crippen molar-refractivity contribution < 1.29 is 4.79 Å². The maximum Gasteiger partial charge on any atom is 0.255 e. The van der Waals surface area contributed by atoms with Gasteiger partial charge >= 0.3 is 0 Å². The van der Waals surface area contributed by atoms with Crippen molar-refractivity contribution in [3.63, 3.8) is 0 Å². The summed E-state index contributed by atoms with van der Waals surface area (Å²) >= 11 is 0. The van der Waals surface area contributed by atoms with E-state index in [1.807, 2.05) is 42.5 Å². The first-order valence-electron chi connectivity index (χ1n) is 11.3. The van der Waals surface area contributed by atoms with E-state index in [4.69, 9.17) is 4.98 Å². The van der Waals surface area contributed by atoms with Crippen LogP contribution in [-0.2, 0) is 5.41 Å². The number of anilines is 2. The zero-order chi connectivity index (χ0) is 22.2. The fourth-order valence-electron chi connectivity index (χ4n) is 4.18. The van der Waals surface area contributed by atoms with Crippen LogP contribution in [0.3, 0.4) is 0 Å². The lowest BCUT2D eigenvalue weighted by atomic mass is 9.87. The highest BCUT2D eigenvalue weighted by atomic mass is 16.1. The summed E-state index contributed by atoms with van der Waals surface area (Å²) in [5.41, 5.74) is 4.91. The van der Waals surface area contributed by atoms with Crippen molar-refractivity contribution in [1.82, 2.24) is 4.98 Å². The standard InChI is InChI=1S/C27H33N3O/c1-18-12-14-30(15-13-18)25-16-19(2)23-17-22(10-11-24(23)29-25)28-26(31)20-6-8-21(9-7-20)27(3,4)5/h6-11,16-18H,12-15H2,1-5H3,(H,28,31). The minimum absolute atomic E-state index is 0.0726. The second-order valence-electron chi connectivity index (χ2n) is 9.98. The Morgan fingerprint density at radius 2 is 1.71 bits per heavy atom. The van der Waals surface area contributed by atoms with Gasteiger partial charge in [-0.2, -0.15) is 0 Å². The lowest BCUT2D eigenvalue weighted by molar-refractivity contribution is 0.102. The highest BCUT2D eigenvalue weighted by molar-refractivity contribution is 6.05. The molecule has 1 fully saturated rings. The van der Waals surface area contributed by atoms with Crippen molar-refractivity contribution in [3.05, 3.63) is 65.2 Å². The normalized spacial score (nSPS) is 15.3. The molecule has 0 radical (unpaired) electrons. The second kappa shape index (κ2) is 8.33. The fourth-order valence-corrected chi connectivity index (χ4v) is 4.18. The van der Waals surface area contributed by atoms with Crippen LogP contribution >= 0.6 is 0 Å². The van der Waals surface area contributed by atoms with Crippen LogP contribution in [0.25, 0.3) is 10.9 Å². The highest BCUT2D eigenvalue weighted by Gasteiger charge is 2.18. The third-order valence-corrected chi connectivity index (χ3v) is 6.38. The van der Waals surface area contributed by atoms with Crippen molar-refractivity contribution in [3.8, 4) is 0 Å². The zero-order valence-electron chi connectivity index (χ0n) is 19.3. The number of nitrogens with one attached hydrogen (secondary N) is 1. The molecule has 0 aliphatic carbocycles. The highest BCUT2D eigenvalue weighted by Crippen LogP contribution is 2.28. The number of aromatic nitrogens is 1. The summed E-state index contributed by atoms with van der Waals surface area (Å²) in [5.74, 6) is 1.77. The molecule has 0 unspecified atom stereocenters. The average Bonchev–Trinajstić information content (AvgIpc) is 2.74. The summed E-state index contributed by atoms with van der Waals surface area (Å²) < 4.78 is 0. The van der Waals surface area contributed by atoms with Gasteiger partial charge in [0.2, 0.25) is 0 Å². The van der Waals surface area contributed by atoms with E-state index in [-0.39, 0.29) is 11.3 Å². The van der Waals surface area contributed by atoms with Gasteiger partial charge in [0.25, 0.3) is 5.91 Å². The minimum Gasteiger partial charge on any atom is -0.357 e. The number of carbonyl (C=O) groups excluding carboxylic acids is 1. The molecule has 3 aromatic rings. The van der Waals surface area contributed by atoms with Crippen molar-refractivity contribution >= 4 is 28.3 Å². The summed E-state index contributed by atoms with van der Waals surface area (Å²) in [6, 6.07) is 16.0. The van der Waals surface area contributed by atoms with Crippen LogP contribution in [0, 0.1) is 12.8 Å². The van der Waals surface area contributed by atoms with Gasteiger partial charge in [0.1, 0.15) is 5.82 Å². The number of carbonyl (C=O) groups is 1. The van der Waals surface area contributed by atoms with Crippen LogP contribution in [0.2, 0.25) is 0 Å². The number of amides is 1. The van der Waals surface area contributed by atoms with Crippen LogP contribution in [0.15, 0.2) is 48.5 Å². The number of hydrogen-bond donors (Lipinski definition) is 1. The molecule has 0 bridgehead atoms. The molecule has 1 N–H and O–H groups in total. The number of fused-ring (bicyclic) bond motifs is 1. The van der Waals surface area contributed by atoms with E-state index < -0.39 is 0 Å². The predicted octanol–water partition coefficient (Wildman–Crippen LogP) is 6.33. The molecule has 2 aromatic carbocycles. The van der Waals surface area contributed by atoms with Gasteiger partial charge in [0.05, 0.1) is 5.52 Å². The van der Waals surface area contributed by atoms with Crippen LogP contribution in [0.5, 0.6) is 0 Å². The van der Waals surface area contributed by atoms with Gasteiger partial charge in [-0.3, -0.25) is 4.79 Å². The van der Waals surface area contributed by atoms with E-state index in [0.717, 1.165) is 41.4 Å². The van der Waals surface area contributed by atoms with Crippen molar-refractivity contribution in [2.75, 3.05) is 23.3 Å². The van der Waals surface area contributed by atoms with Gasteiger partial charge in [-0.1, -0.05) is 39.8 Å². The van der Waals surface area contributed by atoms with E-state index in [1.165, 1.54) is 24.0 Å². The molecule has 0 spiro atoms. The monoisotopic (exact) mass is 415 g/mol. The van der Waals surface area contributed by atoms with E-state index in [1.54, 1.807) is 0 Å². The molecule has 31 heavy (non-hydrogen) atoms. The van der Waals surface area contributed by atoms with E-state index in [0.29, 0.717) is 5.56 Å². The topological polar surface area (TPSA) is 45.2 Å². The first-order chi connectivity index (χ1) is 14.7. The molecule has 1 amide bonds. The Labute approximate surface area is 185 Å². The number of hydrogen-bond acceptors (Lipinski definition) is 3. The van der Waals surface area contributed by atoms with Gasteiger partial charge in [0.15, 0.2) is 0 Å². The van der Waals surface area contributed by atoms with Crippen molar-refractivity contribution in [2.24, 2.45) is 5.92 Å². The Bertz CT molecular complexity index is 1090. The third-order valence-electron chi connectivity index (χ3n) is 6.38. The number of pyridine rings is 1. The molecule has 1 aliphatic rings. The summed E-state index contributed by atoms with van der Waals surface area (Å²) in [6.07, 6.45) is 2.45. The number of rotatable bonds is 3. The van der Waals surface area contributed by atoms with Crippen LogP contribution in [-0.4, -0.2) is 24.0 Å². The zero-order valence-corrected chi connectivity index (χ0v) is 19.3. The molecule has 1 aromatic heterocycles. The molecule has 162 valence electrons. The number of nitrogens with zero attached hydrogens (tertiary/aromatic N) is 2. The predicted molar refractivity (Wildman–Crippen MR) is 130 cm³/mol. The fraction of sp³-hybridized carbons (Fsp3) is 0.407. The Kier molecular flexibility index (Phi) is 5.74. The quantitative estimate of drug-likeness (QED) is 0.544. The van der Waals surface area contributed by atoms with Crippen molar-refractivity contribution in [2.45, 2.75) is 52.9 Å². The lowest BCUT2D eigenvalue weighted by Crippen LogP contribution is -2.33. The van der Waals surface area contributed by atoms with Gasteiger partial charge in [-0.15, -0.1) is 0 Å². The second-order valence-corrected chi connectivity index (χ2v) is 9.98. The molecule has 4 heteroatoms. The summed E-state index contributed by atoms with van der Waals surface area (Å²) in [7, 11) is 0. The molecule has 1 aliphatic heterocycles. The Morgan fingerprint density at radius 1 is 1.03 bits per heavy atom. The molecule has 0 saturated carbocycles. The molecule has 1 saturated heterocycles. The maximum absolute atomic E-state index is 12.7. The first kappa shape index (κ1) is 21.4. The SMILES string of the molecule is Cc1cc(N2CCC(C)CC2)nc2ccc(NC(=O)c3ccc(C(C)(C)C)cc3)cc12. The average molecular weight is 416 g/mol. The summed E-state index contributed by atoms with van der Waals surface area (Å²) in [5, 5.41) is 4.12. The Balaban J connectivity index is 1.53. The lowest BCUT2D eigenvalue weighted by Gasteiger charge is -2.31. The number of piperidine rings is 1. The van der Waals surface area contributed by atoms with Gasteiger partial charge < -0.3 is 10.2 Å². The number of benzene rings is 2. The first-order valence-corrected chi connectivity index (χ1v) is 11.3. The summed E-state index contributed by atoms with van der Waals surface area (Å²) in [6.45, 7) is 13.1. The van der Waals surface area contributed by atoms with E-state index in [9.17, 15) is 4.79 Å². The largest absolute Gasteiger partial charge is 0.357 e. The minimum atomic E-state index is -0.0931. The smallest absolute Gasteiger partial charge is 0.255 e.